The summed E-state index contributed by atoms with van der Waals surface area (Å²) in [7, 11) is 1.65. The van der Waals surface area contributed by atoms with Gasteiger partial charge in [-0.3, -0.25) is 19.7 Å². The monoisotopic (exact) mass is 502 g/mol. The molecule has 10 nitrogen and oxygen atoms in total. The first-order valence-electron chi connectivity index (χ1n) is 12.1. The second kappa shape index (κ2) is 10.6. The largest absolute Gasteiger partial charge is 0.733 e. The van der Waals surface area contributed by atoms with Crippen LogP contribution in [-0.2, 0) is 13.1 Å². The number of anilines is 1. The van der Waals surface area contributed by atoms with Crippen LogP contribution >= 0.6 is 0 Å². The SMILES string of the molecule is COc1ccc(C=NNC(=O)c2ccc(N([O-])O)cc2)cc1CN1CC2CC(C1)c1cccc(=O)n1C2. The molecule has 0 spiro atoms. The van der Waals surface area contributed by atoms with Crippen molar-refractivity contribution in [2.75, 3.05) is 25.4 Å². The summed E-state index contributed by atoms with van der Waals surface area (Å²) in [4.78, 5) is 27.0. The summed E-state index contributed by atoms with van der Waals surface area (Å²) in [5, 5.41) is 23.6. The van der Waals surface area contributed by atoms with E-state index in [1.165, 1.54) is 24.3 Å². The number of ether oxygens (including phenoxy) is 1. The molecule has 5 rings (SSSR count). The molecule has 2 aliphatic heterocycles. The minimum atomic E-state index is -0.439. The number of nitrogens with one attached hydrogen (secondary N) is 1. The number of fused-ring (bicyclic) bond motifs is 4. The third-order valence-corrected chi connectivity index (χ3v) is 6.98. The molecular weight excluding hydrogens is 474 g/mol. The number of hydrogen-bond acceptors (Lipinski definition) is 8. The predicted molar refractivity (Wildman–Crippen MR) is 139 cm³/mol. The number of likely N-dealkylation sites (tertiary alicyclic amines) is 1. The van der Waals surface area contributed by atoms with Gasteiger partial charge in [-0.05, 0) is 66.4 Å². The molecule has 37 heavy (non-hydrogen) atoms. The van der Waals surface area contributed by atoms with Crippen molar-refractivity contribution in [1.29, 1.82) is 0 Å². The molecule has 1 saturated heterocycles. The number of amides is 1. The lowest BCUT2D eigenvalue weighted by Gasteiger charge is -2.42. The Labute approximate surface area is 213 Å². The van der Waals surface area contributed by atoms with E-state index in [1.807, 2.05) is 28.8 Å². The molecule has 2 bridgehead atoms. The van der Waals surface area contributed by atoms with Crippen molar-refractivity contribution in [3.05, 3.63) is 98.6 Å². The van der Waals surface area contributed by atoms with Crippen molar-refractivity contribution < 1.29 is 14.7 Å². The number of hydrogen-bond donors (Lipinski definition) is 2. The van der Waals surface area contributed by atoms with Crippen molar-refractivity contribution in [3.8, 4) is 5.75 Å². The summed E-state index contributed by atoms with van der Waals surface area (Å²) in [5.41, 5.74) is 5.83. The first kappa shape index (κ1) is 24.7. The Bertz CT molecular complexity index is 1370. The lowest BCUT2D eigenvalue weighted by Crippen LogP contribution is -2.46. The van der Waals surface area contributed by atoms with Crippen LogP contribution in [0.5, 0.6) is 5.75 Å². The van der Waals surface area contributed by atoms with Crippen LogP contribution in [0.4, 0.5) is 5.69 Å². The molecule has 1 fully saturated rings. The van der Waals surface area contributed by atoms with Crippen LogP contribution in [0, 0.1) is 11.1 Å². The fourth-order valence-electron chi connectivity index (χ4n) is 5.34. The van der Waals surface area contributed by atoms with E-state index in [0.717, 1.165) is 48.6 Å². The number of pyridine rings is 1. The van der Waals surface area contributed by atoms with Crippen LogP contribution in [0.15, 0.2) is 70.6 Å². The van der Waals surface area contributed by atoms with Gasteiger partial charge in [0, 0.05) is 55.0 Å². The average Bonchev–Trinajstić information content (AvgIpc) is 2.89. The van der Waals surface area contributed by atoms with Gasteiger partial charge in [0.1, 0.15) is 5.75 Å². The van der Waals surface area contributed by atoms with Crippen molar-refractivity contribution in [1.82, 2.24) is 14.9 Å². The van der Waals surface area contributed by atoms with E-state index in [1.54, 1.807) is 19.4 Å². The number of carbonyl (C=O) groups is 1. The Balaban J connectivity index is 1.26. The van der Waals surface area contributed by atoms with Crippen LogP contribution in [-0.4, -0.2) is 47.0 Å². The minimum absolute atomic E-state index is 0.0290. The third kappa shape index (κ3) is 5.41. The third-order valence-electron chi connectivity index (χ3n) is 6.98. The smallest absolute Gasteiger partial charge is 0.271 e. The molecule has 2 aromatic carbocycles. The summed E-state index contributed by atoms with van der Waals surface area (Å²) in [6, 6.07) is 16.8. The highest BCUT2D eigenvalue weighted by molar-refractivity contribution is 5.95. The van der Waals surface area contributed by atoms with Gasteiger partial charge in [-0.2, -0.15) is 5.10 Å². The topological polar surface area (TPSA) is 122 Å². The van der Waals surface area contributed by atoms with E-state index in [0.29, 0.717) is 23.9 Å². The zero-order chi connectivity index (χ0) is 25.9. The number of rotatable bonds is 7. The van der Waals surface area contributed by atoms with E-state index in [-0.39, 0.29) is 16.5 Å². The molecule has 3 heterocycles. The number of nitrogens with zero attached hydrogens (tertiary/aromatic N) is 4. The molecule has 0 radical (unpaired) electrons. The van der Waals surface area contributed by atoms with E-state index in [9.17, 15) is 14.8 Å². The van der Waals surface area contributed by atoms with Gasteiger partial charge < -0.3 is 19.7 Å². The van der Waals surface area contributed by atoms with Crippen molar-refractivity contribution in [2.45, 2.75) is 25.4 Å². The van der Waals surface area contributed by atoms with Crippen molar-refractivity contribution >= 4 is 17.8 Å². The molecule has 0 aliphatic carbocycles. The molecule has 3 aromatic rings. The summed E-state index contributed by atoms with van der Waals surface area (Å²) < 4.78 is 7.54. The molecule has 0 saturated carbocycles. The van der Waals surface area contributed by atoms with Crippen LogP contribution in [0.3, 0.4) is 0 Å². The maximum atomic E-state index is 12.3. The summed E-state index contributed by atoms with van der Waals surface area (Å²) in [5.74, 6) is 1.10. The van der Waals surface area contributed by atoms with Gasteiger partial charge in [-0.25, -0.2) is 5.43 Å². The number of carbonyl (C=O) groups excluding carboxylic acids is 1. The van der Waals surface area contributed by atoms with E-state index in [2.05, 4.69) is 21.5 Å². The van der Waals surface area contributed by atoms with Gasteiger partial charge in [-0.1, -0.05) is 6.07 Å². The van der Waals surface area contributed by atoms with Gasteiger partial charge in [0.05, 0.1) is 19.0 Å². The fraction of sp³-hybridized carbons (Fsp3) is 0.296. The molecule has 1 amide bonds. The fourth-order valence-corrected chi connectivity index (χ4v) is 5.34. The molecule has 192 valence electrons. The second-order valence-corrected chi connectivity index (χ2v) is 9.48. The molecule has 1 aromatic heterocycles. The van der Waals surface area contributed by atoms with Crippen LogP contribution in [0.2, 0.25) is 0 Å². The van der Waals surface area contributed by atoms with Crippen LogP contribution in [0.25, 0.3) is 0 Å². The van der Waals surface area contributed by atoms with Crippen LogP contribution < -0.4 is 20.9 Å². The maximum absolute atomic E-state index is 12.3. The molecule has 10 heteroatoms. The standard InChI is InChI=1S/C27H28N5O5/c1-37-25-10-5-18(13-28-29-27(34)20-6-8-23(9-7-20)32(35)36)11-22(25)17-30-14-19-12-21(16-30)24-3-2-4-26(33)31(24)15-19/h2-11,13,19,21,35H,12,14-17H2,1H3,(H,29,34)/q-1. The number of piperidine rings is 1. The Kier molecular flexibility index (Phi) is 7.04. The Morgan fingerprint density at radius 3 is 2.76 bits per heavy atom. The zero-order valence-corrected chi connectivity index (χ0v) is 20.4. The summed E-state index contributed by atoms with van der Waals surface area (Å²) in [6.07, 6.45) is 2.66. The lowest BCUT2D eigenvalue weighted by atomic mass is 9.83. The molecule has 2 aliphatic rings. The average molecular weight is 503 g/mol. The van der Waals surface area contributed by atoms with Crippen LogP contribution in [0.1, 0.15) is 39.5 Å². The first-order valence-corrected chi connectivity index (χ1v) is 12.1. The zero-order valence-electron chi connectivity index (χ0n) is 20.4. The van der Waals surface area contributed by atoms with E-state index < -0.39 is 5.91 Å². The normalized spacial score (nSPS) is 18.9. The number of benzene rings is 2. The van der Waals surface area contributed by atoms with E-state index in [4.69, 9.17) is 9.94 Å². The summed E-state index contributed by atoms with van der Waals surface area (Å²) >= 11 is 0. The Morgan fingerprint density at radius 2 is 2.00 bits per heavy atom. The highest BCUT2D eigenvalue weighted by atomic mass is 16.8. The van der Waals surface area contributed by atoms with Gasteiger partial charge >= 0.3 is 0 Å². The highest BCUT2D eigenvalue weighted by Crippen LogP contribution is 2.36. The van der Waals surface area contributed by atoms with Gasteiger partial charge in [-0.15, -0.1) is 0 Å². The van der Waals surface area contributed by atoms with Gasteiger partial charge in [0.2, 0.25) is 0 Å². The number of hydrazone groups is 1. The highest BCUT2D eigenvalue weighted by Gasteiger charge is 2.34. The Morgan fingerprint density at radius 1 is 1.19 bits per heavy atom. The predicted octanol–water partition coefficient (Wildman–Crippen LogP) is 2.93. The lowest BCUT2D eigenvalue weighted by molar-refractivity contribution is 0.0955. The molecular formula is C27H28N5O5-. The minimum Gasteiger partial charge on any atom is -0.733 e. The first-order chi connectivity index (χ1) is 17.9. The second-order valence-electron chi connectivity index (χ2n) is 9.48. The van der Waals surface area contributed by atoms with Crippen molar-refractivity contribution in [3.63, 3.8) is 0 Å². The number of methoxy groups -OCH3 is 1. The number of aromatic nitrogens is 1. The van der Waals surface area contributed by atoms with Crippen molar-refractivity contribution in [2.24, 2.45) is 11.0 Å². The summed E-state index contributed by atoms with van der Waals surface area (Å²) in [6.45, 7) is 3.24. The molecule has 2 unspecified atom stereocenters. The van der Waals surface area contributed by atoms with Gasteiger partial charge in [0.15, 0.2) is 0 Å². The maximum Gasteiger partial charge on any atom is 0.271 e. The molecule has 2 atom stereocenters. The van der Waals surface area contributed by atoms with Gasteiger partial charge in [0.25, 0.3) is 11.5 Å². The Hall–Kier alpha value is -3.99. The van der Waals surface area contributed by atoms with E-state index >= 15 is 0 Å². The molecule has 2 N–H and O–H groups in total. The quantitative estimate of drug-likeness (QED) is 0.376.